The predicted molar refractivity (Wildman–Crippen MR) is 66.2 cm³/mol. The van der Waals surface area contributed by atoms with Gasteiger partial charge in [-0.3, -0.25) is 0 Å². The molecule has 4 heteroatoms. The highest BCUT2D eigenvalue weighted by Crippen LogP contribution is 2.19. The van der Waals surface area contributed by atoms with Crippen molar-refractivity contribution in [1.82, 2.24) is 5.32 Å². The van der Waals surface area contributed by atoms with Gasteiger partial charge in [-0.15, -0.1) is 0 Å². The summed E-state index contributed by atoms with van der Waals surface area (Å²) in [5.41, 5.74) is 0.122. The van der Waals surface area contributed by atoms with E-state index < -0.39 is 11.6 Å². The Labute approximate surface area is 106 Å². The van der Waals surface area contributed by atoms with Gasteiger partial charge in [-0.25, -0.2) is 8.78 Å². The number of halogens is 2. The number of rotatable bonds is 4. The topological polar surface area (TPSA) is 21.3 Å². The summed E-state index contributed by atoms with van der Waals surface area (Å²) < 4.78 is 32.2. The summed E-state index contributed by atoms with van der Waals surface area (Å²) in [6, 6.07) is 4.21. The van der Waals surface area contributed by atoms with Gasteiger partial charge in [0.25, 0.3) is 0 Å². The molecule has 2 nitrogen and oxygen atoms in total. The fraction of sp³-hybridized carbons (Fsp3) is 0.571. The van der Waals surface area contributed by atoms with Crippen LogP contribution in [0.1, 0.15) is 25.3 Å². The van der Waals surface area contributed by atoms with Crippen molar-refractivity contribution < 1.29 is 13.5 Å². The molecule has 1 aliphatic heterocycles. The molecule has 1 aromatic rings. The molecule has 1 N–H and O–H groups in total. The SMILES string of the molecule is CC(NCc1c(F)cccc1F)C1CCOCC1. The molecule has 0 radical (unpaired) electrons. The molecule has 0 spiro atoms. The molecule has 0 aromatic heterocycles. The maximum absolute atomic E-state index is 13.4. The van der Waals surface area contributed by atoms with Crippen LogP contribution in [0, 0.1) is 17.6 Å². The van der Waals surface area contributed by atoms with Crippen LogP contribution < -0.4 is 5.32 Å². The molecule has 1 aromatic carbocycles. The van der Waals surface area contributed by atoms with E-state index in [0.29, 0.717) is 5.92 Å². The molecule has 1 heterocycles. The standard InChI is InChI=1S/C14H19F2NO/c1-10(11-5-7-18-8-6-11)17-9-12-13(15)3-2-4-14(12)16/h2-4,10-11,17H,5-9H2,1H3. The van der Waals surface area contributed by atoms with Crippen molar-refractivity contribution in [3.63, 3.8) is 0 Å². The molecule has 0 saturated carbocycles. The lowest BCUT2D eigenvalue weighted by atomic mass is 9.93. The van der Waals surface area contributed by atoms with Crippen LogP contribution >= 0.6 is 0 Å². The molecule has 2 rings (SSSR count). The summed E-state index contributed by atoms with van der Waals surface area (Å²) in [4.78, 5) is 0. The number of hydrogen-bond acceptors (Lipinski definition) is 2. The summed E-state index contributed by atoms with van der Waals surface area (Å²) >= 11 is 0. The van der Waals surface area contributed by atoms with Crippen molar-refractivity contribution in [3.05, 3.63) is 35.4 Å². The predicted octanol–water partition coefficient (Wildman–Crippen LogP) is 2.87. The third-order valence-corrected chi connectivity index (χ3v) is 3.64. The van der Waals surface area contributed by atoms with Gasteiger partial charge in [0, 0.05) is 31.4 Å². The highest BCUT2D eigenvalue weighted by atomic mass is 19.1. The molecule has 1 saturated heterocycles. The summed E-state index contributed by atoms with van der Waals surface area (Å²) in [6.07, 6.45) is 2.02. The Kier molecular flexibility index (Phi) is 4.66. The van der Waals surface area contributed by atoms with E-state index in [9.17, 15) is 8.78 Å². The smallest absolute Gasteiger partial charge is 0.130 e. The monoisotopic (exact) mass is 255 g/mol. The Bertz CT molecular complexity index is 371. The Hall–Kier alpha value is -1.00. The lowest BCUT2D eigenvalue weighted by Crippen LogP contribution is -2.36. The van der Waals surface area contributed by atoms with Gasteiger partial charge >= 0.3 is 0 Å². The van der Waals surface area contributed by atoms with Gasteiger partial charge in [0.05, 0.1) is 0 Å². The molecule has 1 unspecified atom stereocenters. The van der Waals surface area contributed by atoms with Crippen LogP contribution in [-0.2, 0) is 11.3 Å². The highest BCUT2D eigenvalue weighted by molar-refractivity contribution is 5.19. The van der Waals surface area contributed by atoms with Crippen LogP contribution in [-0.4, -0.2) is 19.3 Å². The van der Waals surface area contributed by atoms with Crippen molar-refractivity contribution >= 4 is 0 Å². The molecule has 1 fully saturated rings. The van der Waals surface area contributed by atoms with E-state index in [4.69, 9.17) is 4.74 Å². The number of benzene rings is 1. The fourth-order valence-corrected chi connectivity index (χ4v) is 2.35. The molecule has 0 bridgehead atoms. The lowest BCUT2D eigenvalue weighted by Gasteiger charge is -2.28. The van der Waals surface area contributed by atoms with Crippen LogP contribution in [0.4, 0.5) is 8.78 Å². The highest BCUT2D eigenvalue weighted by Gasteiger charge is 2.20. The van der Waals surface area contributed by atoms with Gasteiger partial charge in [0.2, 0.25) is 0 Å². The maximum atomic E-state index is 13.4. The fourth-order valence-electron chi connectivity index (χ4n) is 2.35. The summed E-state index contributed by atoms with van der Waals surface area (Å²) in [7, 11) is 0. The van der Waals surface area contributed by atoms with Crippen LogP contribution in [0.5, 0.6) is 0 Å². The van der Waals surface area contributed by atoms with Gasteiger partial charge < -0.3 is 10.1 Å². The summed E-state index contributed by atoms with van der Waals surface area (Å²) in [5.74, 6) is -0.447. The minimum Gasteiger partial charge on any atom is -0.381 e. The van der Waals surface area contributed by atoms with Gasteiger partial charge in [-0.2, -0.15) is 0 Å². The van der Waals surface area contributed by atoms with Gasteiger partial charge in [0.15, 0.2) is 0 Å². The second-order valence-electron chi connectivity index (χ2n) is 4.82. The second kappa shape index (κ2) is 6.25. The first-order valence-corrected chi connectivity index (χ1v) is 6.42. The van der Waals surface area contributed by atoms with Crippen LogP contribution in [0.3, 0.4) is 0 Å². The number of ether oxygens (including phenoxy) is 1. The molecule has 0 amide bonds. The van der Waals surface area contributed by atoms with Gasteiger partial charge in [-0.05, 0) is 37.8 Å². The lowest BCUT2D eigenvalue weighted by molar-refractivity contribution is 0.0557. The summed E-state index contributed by atoms with van der Waals surface area (Å²) in [5, 5.41) is 3.21. The van der Waals surface area contributed by atoms with Crippen molar-refractivity contribution in [2.24, 2.45) is 5.92 Å². The third kappa shape index (κ3) is 3.27. The zero-order valence-corrected chi connectivity index (χ0v) is 10.6. The first-order chi connectivity index (χ1) is 8.68. The first-order valence-electron chi connectivity index (χ1n) is 6.42. The normalized spacial score (nSPS) is 18.8. The Morgan fingerprint density at radius 2 is 1.89 bits per heavy atom. The van der Waals surface area contributed by atoms with E-state index in [1.807, 2.05) is 0 Å². The number of nitrogens with one attached hydrogen (secondary N) is 1. The van der Waals surface area contributed by atoms with Crippen LogP contribution in [0.25, 0.3) is 0 Å². The molecule has 0 aliphatic carbocycles. The minimum atomic E-state index is -0.485. The van der Waals surface area contributed by atoms with Gasteiger partial charge in [0.1, 0.15) is 11.6 Å². The van der Waals surface area contributed by atoms with Crippen molar-refractivity contribution in [3.8, 4) is 0 Å². The average Bonchev–Trinajstić information content (AvgIpc) is 2.39. The molecule has 1 atom stereocenters. The Balaban J connectivity index is 1.90. The summed E-state index contributed by atoms with van der Waals surface area (Å²) in [6.45, 7) is 3.86. The van der Waals surface area contributed by atoms with Crippen molar-refractivity contribution in [2.75, 3.05) is 13.2 Å². The largest absolute Gasteiger partial charge is 0.381 e. The maximum Gasteiger partial charge on any atom is 0.130 e. The van der Waals surface area contributed by atoms with E-state index in [-0.39, 0.29) is 18.2 Å². The van der Waals surface area contributed by atoms with Crippen molar-refractivity contribution in [2.45, 2.75) is 32.4 Å². The van der Waals surface area contributed by atoms with E-state index in [0.717, 1.165) is 26.1 Å². The molecular formula is C14H19F2NO. The van der Waals surface area contributed by atoms with Crippen molar-refractivity contribution in [1.29, 1.82) is 0 Å². The van der Waals surface area contributed by atoms with Crippen LogP contribution in [0.15, 0.2) is 18.2 Å². The molecular weight excluding hydrogens is 236 g/mol. The second-order valence-corrected chi connectivity index (χ2v) is 4.82. The quantitative estimate of drug-likeness (QED) is 0.893. The average molecular weight is 255 g/mol. The van der Waals surface area contributed by atoms with E-state index >= 15 is 0 Å². The minimum absolute atomic E-state index is 0.122. The molecule has 18 heavy (non-hydrogen) atoms. The van der Waals surface area contributed by atoms with E-state index in [1.165, 1.54) is 18.2 Å². The molecule has 1 aliphatic rings. The van der Waals surface area contributed by atoms with Crippen LogP contribution in [0.2, 0.25) is 0 Å². The zero-order chi connectivity index (χ0) is 13.0. The number of hydrogen-bond donors (Lipinski definition) is 1. The van der Waals surface area contributed by atoms with Gasteiger partial charge in [-0.1, -0.05) is 6.07 Å². The third-order valence-electron chi connectivity index (χ3n) is 3.64. The Morgan fingerprint density at radius 3 is 2.50 bits per heavy atom. The van der Waals surface area contributed by atoms with E-state index in [1.54, 1.807) is 0 Å². The first kappa shape index (κ1) is 13.4. The Morgan fingerprint density at radius 1 is 1.28 bits per heavy atom. The zero-order valence-electron chi connectivity index (χ0n) is 10.6. The molecule has 100 valence electrons. The van der Waals surface area contributed by atoms with E-state index in [2.05, 4.69) is 12.2 Å².